The second-order valence-electron chi connectivity index (χ2n) is 36.9. The number of hydrogen-bond donors (Lipinski definition) is 1. The number of nitrogens with one attached hydrogen (secondary N) is 1. The van der Waals surface area contributed by atoms with Gasteiger partial charge in [-0.3, -0.25) is 0 Å². The maximum atomic E-state index is 7.39. The number of hydrogen-bond acceptors (Lipinski definition) is 8. The third-order valence-corrected chi connectivity index (χ3v) is 26.4. The zero-order valence-corrected chi connectivity index (χ0v) is 83.6. The number of aryl methyl sites for hydroxylation is 9. The molecule has 4 aliphatic rings. The van der Waals surface area contributed by atoms with Gasteiger partial charge in [0.2, 0.25) is 0 Å². The van der Waals surface area contributed by atoms with Crippen LogP contribution in [-0.2, 0) is 19.5 Å². The Morgan fingerprint density at radius 3 is 0.807 bits per heavy atom. The van der Waals surface area contributed by atoms with Crippen LogP contribution in [0.25, 0.3) is 182 Å². The van der Waals surface area contributed by atoms with Gasteiger partial charge in [-0.1, -0.05) is 267 Å². The third kappa shape index (κ3) is 20.9. The SMILES string of the molecule is CCCCCCCCOc1ccc(-c2c3nc(c(-c4ccc(C#Cc5ccc(-c6c7nc(c(-c8c(C)cc(C)cc8C)c8ccc([n-]8)c(-c8c(C)cc(C)cc8C)c8nc(c(-c9c(C)cc(C)cc9C)c9ccc6[n-]9)C=C8)C=C7)cc5)cc4)c4ccc(o4)c(-c4ccc(OCCCCCCCC)cc4)c4nc(c(-c5ccc(OCCCCCCCC)cc5)c5ccc2[nH]5)C=C4)C=C3)cc1.[Zn+2]. The second-order valence-corrected chi connectivity index (χ2v) is 36.9. The van der Waals surface area contributed by atoms with Gasteiger partial charge in [-0.05, 0) is 315 Å². The van der Waals surface area contributed by atoms with Crippen molar-refractivity contribution >= 4 is 92.9 Å². The standard InChI is InChI=1S/C123H121N7O4.Zn/c1-13-16-19-22-25-28-69-131-94-47-41-90(42-48-94)117-97-53-54-98(124-97)118(91-43-49-95(50-44-91)132-70-29-26-23-20-17-14-2)100-56-60-104(126-100)120(93-45-51-96(52-46-93)133-71-30-27-24-21-18-15-3)112-68-67-111(134-112)119(103-59-55-99(117)125-103)92-39-35-88(36-40-92)32-31-87-33-37-89(38-34-87)116-101-57-61-105(127-101)121(113-81(7)72-78(4)73-82(113)8)107-63-65-109(129-107)123(115-85(11)76-80(6)77-86(115)12)110-66-64-108(130-110)122(106-62-58-102(116)128-106)114-83(9)74-79(5)75-84(114)10;/h33-68,72-77,124H,13-30,69-71H2,1-12H3;/q-2;+2. The summed E-state index contributed by atoms with van der Waals surface area (Å²) in [6, 6.07) is 73.3. The van der Waals surface area contributed by atoms with Crippen LogP contribution >= 0.6 is 0 Å². The molecule has 18 rings (SSSR count). The van der Waals surface area contributed by atoms with E-state index in [1.807, 2.05) is 0 Å². The number of fused-ring (bicyclic) bond motifs is 16. The van der Waals surface area contributed by atoms with Gasteiger partial charge in [-0.15, -0.1) is 22.1 Å². The molecule has 11 nitrogen and oxygen atoms in total. The van der Waals surface area contributed by atoms with E-state index in [9.17, 15) is 0 Å². The fourth-order valence-corrected chi connectivity index (χ4v) is 20.1. The molecule has 12 heteroatoms. The molecule has 1 N–H and O–H groups in total. The average molecular weight is 1830 g/mol. The van der Waals surface area contributed by atoms with E-state index >= 15 is 0 Å². The van der Waals surface area contributed by atoms with Gasteiger partial charge in [0.05, 0.1) is 76.5 Å². The van der Waals surface area contributed by atoms with Crippen LogP contribution in [0.4, 0.5) is 0 Å². The van der Waals surface area contributed by atoms with Crippen LogP contribution in [0.1, 0.15) is 243 Å². The molecule has 0 spiro atoms. The van der Waals surface area contributed by atoms with Crippen molar-refractivity contribution in [1.82, 2.24) is 34.9 Å². The number of ether oxygens (including phenoxy) is 3. The molecule has 674 valence electrons. The first-order valence-corrected chi connectivity index (χ1v) is 48.8. The van der Waals surface area contributed by atoms with E-state index in [1.54, 1.807) is 0 Å². The Morgan fingerprint density at radius 2 is 0.504 bits per heavy atom. The van der Waals surface area contributed by atoms with E-state index in [2.05, 4.69) is 355 Å². The molecule has 10 heterocycles. The first-order chi connectivity index (χ1) is 65.5. The Bertz CT molecular complexity index is 7120. The summed E-state index contributed by atoms with van der Waals surface area (Å²) in [7, 11) is 0. The number of rotatable bonds is 32. The smallest absolute Gasteiger partial charge is 0.657 e. The summed E-state index contributed by atoms with van der Waals surface area (Å²) in [6.45, 7) is 28.5. The van der Waals surface area contributed by atoms with Gasteiger partial charge < -0.3 is 33.6 Å². The topological polar surface area (TPSA) is 136 Å². The minimum Gasteiger partial charge on any atom is -0.657 e. The van der Waals surface area contributed by atoms with Crippen molar-refractivity contribution in [2.45, 2.75) is 199 Å². The summed E-state index contributed by atoms with van der Waals surface area (Å²) in [5.41, 5.74) is 40.6. The molecule has 0 unspecified atom stereocenters. The number of H-pyrrole nitrogens is 1. The zero-order chi connectivity index (χ0) is 92.3. The Balaban J connectivity index is 0.0000127. The van der Waals surface area contributed by atoms with Crippen LogP contribution in [0.2, 0.25) is 0 Å². The molecule has 0 saturated carbocycles. The summed E-state index contributed by atoms with van der Waals surface area (Å²) in [4.78, 5) is 38.2. The number of unbranched alkanes of at least 4 members (excludes halogenated alkanes) is 15. The van der Waals surface area contributed by atoms with Gasteiger partial charge >= 0.3 is 19.5 Å². The molecule has 0 saturated heterocycles. The Kier molecular flexibility index (Phi) is 29.6. The normalized spacial score (nSPS) is 11.9. The molecule has 135 heavy (non-hydrogen) atoms. The predicted molar refractivity (Wildman–Crippen MR) is 562 cm³/mol. The van der Waals surface area contributed by atoms with Crippen molar-refractivity contribution in [3.63, 3.8) is 0 Å². The minimum absolute atomic E-state index is 0. The molecule has 14 aromatic rings. The summed E-state index contributed by atoms with van der Waals surface area (Å²) in [5, 5.41) is 0. The van der Waals surface area contributed by atoms with Gasteiger partial charge in [-0.25, -0.2) is 19.9 Å². The number of aromatic nitrogens is 7. The van der Waals surface area contributed by atoms with Crippen LogP contribution in [0, 0.1) is 74.2 Å². The molecule has 8 aromatic carbocycles. The number of nitrogens with zero attached hydrogens (tertiary/aromatic N) is 6. The first-order valence-electron chi connectivity index (χ1n) is 48.8. The fourth-order valence-electron chi connectivity index (χ4n) is 20.1. The summed E-state index contributed by atoms with van der Waals surface area (Å²) < 4.78 is 26.6. The van der Waals surface area contributed by atoms with Crippen molar-refractivity contribution in [3.05, 3.63) is 313 Å². The second kappa shape index (κ2) is 42.8. The molecule has 16 bridgehead atoms. The predicted octanol–water partition coefficient (Wildman–Crippen LogP) is 32.9. The van der Waals surface area contributed by atoms with Gasteiger partial charge in [0.1, 0.15) is 28.4 Å². The van der Waals surface area contributed by atoms with E-state index in [1.165, 1.54) is 105 Å². The average Bonchev–Trinajstić information content (AvgIpc) is 1.62. The minimum atomic E-state index is 0. The van der Waals surface area contributed by atoms with Gasteiger partial charge in [0.25, 0.3) is 0 Å². The fraction of sp³-hybridized carbons (Fsp3) is 0.268. The molecule has 0 aliphatic carbocycles. The summed E-state index contributed by atoms with van der Waals surface area (Å²) in [5.74, 6) is 9.66. The van der Waals surface area contributed by atoms with E-state index in [4.69, 9.17) is 48.5 Å². The van der Waals surface area contributed by atoms with Crippen molar-refractivity contribution < 1.29 is 38.1 Å². The summed E-state index contributed by atoms with van der Waals surface area (Å²) >= 11 is 0. The van der Waals surface area contributed by atoms with Crippen molar-refractivity contribution in [3.8, 4) is 118 Å². The van der Waals surface area contributed by atoms with Crippen LogP contribution in [0.5, 0.6) is 17.2 Å². The molecular formula is C123H121N7O4Zn. The molecule has 6 aromatic heterocycles. The molecule has 0 atom stereocenters. The van der Waals surface area contributed by atoms with Gasteiger partial charge in [0, 0.05) is 33.3 Å². The molecule has 0 fully saturated rings. The number of aromatic amines is 1. The Hall–Kier alpha value is -13.5. The third-order valence-electron chi connectivity index (χ3n) is 26.4. The van der Waals surface area contributed by atoms with Crippen molar-refractivity contribution in [2.24, 2.45) is 0 Å². The van der Waals surface area contributed by atoms with E-state index in [0.717, 1.165) is 257 Å². The summed E-state index contributed by atoms with van der Waals surface area (Å²) in [6.07, 6.45) is 38.7. The van der Waals surface area contributed by atoms with Gasteiger partial charge in [0.15, 0.2) is 0 Å². The molecular weight excluding hydrogens is 1700 g/mol. The van der Waals surface area contributed by atoms with Crippen LogP contribution in [-0.4, -0.2) is 44.7 Å². The largest absolute Gasteiger partial charge is 2.00 e. The number of furan rings is 1. The van der Waals surface area contributed by atoms with Crippen LogP contribution < -0.4 is 24.2 Å². The van der Waals surface area contributed by atoms with Gasteiger partial charge in [-0.2, -0.15) is 0 Å². The molecule has 0 amide bonds. The maximum Gasteiger partial charge on any atom is 2.00 e. The molecule has 4 aliphatic heterocycles. The van der Waals surface area contributed by atoms with Crippen molar-refractivity contribution in [2.75, 3.05) is 19.8 Å². The Morgan fingerprint density at radius 1 is 0.259 bits per heavy atom. The monoisotopic (exact) mass is 1820 g/mol. The zero-order valence-electron chi connectivity index (χ0n) is 80.6. The number of benzene rings is 8. The van der Waals surface area contributed by atoms with E-state index < -0.39 is 0 Å². The molecule has 0 radical (unpaired) electrons. The van der Waals surface area contributed by atoms with Crippen molar-refractivity contribution in [1.29, 1.82) is 0 Å². The first kappa shape index (κ1) is 93.4. The Labute approximate surface area is 809 Å². The van der Waals surface area contributed by atoms with E-state index in [-0.39, 0.29) is 19.5 Å². The maximum absolute atomic E-state index is 7.39. The van der Waals surface area contributed by atoms with Crippen LogP contribution in [0.3, 0.4) is 0 Å². The van der Waals surface area contributed by atoms with E-state index in [0.29, 0.717) is 31.0 Å². The van der Waals surface area contributed by atoms with Crippen LogP contribution in [0.15, 0.2) is 211 Å². The quantitative estimate of drug-likeness (QED) is 0.0246.